The van der Waals surface area contributed by atoms with Crippen molar-refractivity contribution in [3.05, 3.63) is 53.1 Å². The summed E-state index contributed by atoms with van der Waals surface area (Å²) in [7, 11) is -3.79. The molecule has 0 spiro atoms. The third kappa shape index (κ3) is 6.08. The topological polar surface area (TPSA) is 105 Å². The van der Waals surface area contributed by atoms with Gasteiger partial charge in [-0.3, -0.25) is 9.59 Å². The molecule has 2 amide bonds. The molecule has 0 bridgehead atoms. The van der Waals surface area contributed by atoms with Gasteiger partial charge < -0.3 is 15.4 Å². The van der Waals surface area contributed by atoms with E-state index in [1.807, 2.05) is 19.9 Å². The van der Waals surface area contributed by atoms with Crippen molar-refractivity contribution in [3.8, 4) is 5.75 Å². The molecule has 0 heterocycles. The van der Waals surface area contributed by atoms with E-state index in [0.29, 0.717) is 30.9 Å². The largest absolute Gasteiger partial charge is 0.492 e. The number of sulfonamides is 1. The number of hydrogen-bond acceptors (Lipinski definition) is 5. The van der Waals surface area contributed by atoms with Gasteiger partial charge in [0.15, 0.2) is 0 Å². The van der Waals surface area contributed by atoms with E-state index in [0.717, 1.165) is 11.1 Å². The summed E-state index contributed by atoms with van der Waals surface area (Å²) < 4.78 is 32.9. The van der Waals surface area contributed by atoms with Crippen LogP contribution >= 0.6 is 0 Å². The molecule has 0 aliphatic carbocycles. The van der Waals surface area contributed by atoms with Crippen molar-refractivity contribution in [1.82, 2.24) is 9.62 Å². The number of nitrogens with zero attached hydrogens (tertiary/aromatic N) is 1. The highest BCUT2D eigenvalue weighted by atomic mass is 32.2. The number of amides is 2. The molecular formula is C23H31N3O5S. The zero-order valence-electron chi connectivity index (χ0n) is 19.2. The molecule has 2 N–H and O–H groups in total. The Morgan fingerprint density at radius 2 is 1.66 bits per heavy atom. The maximum atomic E-state index is 13.0. The number of nitrogens with one attached hydrogen (secondary N) is 2. The summed E-state index contributed by atoms with van der Waals surface area (Å²) >= 11 is 0. The van der Waals surface area contributed by atoms with Crippen LogP contribution in [0.25, 0.3) is 0 Å². The molecule has 0 aromatic heterocycles. The minimum absolute atomic E-state index is 0.0139. The molecule has 0 aliphatic heterocycles. The van der Waals surface area contributed by atoms with Gasteiger partial charge in [-0.15, -0.1) is 0 Å². The molecule has 0 radical (unpaired) electrons. The fraction of sp³-hybridized carbons (Fsp3) is 0.391. The minimum atomic E-state index is -3.79. The summed E-state index contributed by atoms with van der Waals surface area (Å²) in [5, 5.41) is 5.21. The standard InChI is InChI=1S/C23H31N3O5S/c1-6-26(7-2)32(29,30)21-14-19(11-12-20(21)31-8-3)25-22(27)15-24-23(28)18-10-9-16(4)17(5)13-18/h9-14H,6-8,15H2,1-5H3,(H,24,28)(H,25,27). The maximum Gasteiger partial charge on any atom is 0.251 e. The fourth-order valence-electron chi connectivity index (χ4n) is 3.12. The third-order valence-corrected chi connectivity index (χ3v) is 7.10. The monoisotopic (exact) mass is 461 g/mol. The number of benzene rings is 2. The summed E-state index contributed by atoms with van der Waals surface area (Å²) in [5.41, 5.74) is 2.82. The van der Waals surface area contributed by atoms with E-state index >= 15 is 0 Å². The molecule has 2 aromatic rings. The Labute approximate surface area is 190 Å². The van der Waals surface area contributed by atoms with Crippen LogP contribution in [-0.4, -0.2) is 50.8 Å². The Kier molecular flexibility index (Phi) is 8.80. The molecule has 0 saturated heterocycles. The number of carbonyl (C=O) groups is 2. The van der Waals surface area contributed by atoms with E-state index in [4.69, 9.17) is 4.74 Å². The van der Waals surface area contributed by atoms with Crippen LogP contribution in [0.2, 0.25) is 0 Å². The van der Waals surface area contributed by atoms with Crippen molar-refractivity contribution in [3.63, 3.8) is 0 Å². The summed E-state index contributed by atoms with van der Waals surface area (Å²) in [4.78, 5) is 24.7. The van der Waals surface area contributed by atoms with Crippen LogP contribution in [0.5, 0.6) is 5.75 Å². The molecule has 0 atom stereocenters. The highest BCUT2D eigenvalue weighted by molar-refractivity contribution is 7.89. The number of rotatable bonds is 10. The average Bonchev–Trinajstić information content (AvgIpc) is 2.75. The van der Waals surface area contributed by atoms with Gasteiger partial charge in [0, 0.05) is 24.3 Å². The molecule has 2 aromatic carbocycles. The second-order valence-electron chi connectivity index (χ2n) is 7.21. The Hall–Kier alpha value is -2.91. The predicted octanol–water partition coefficient (Wildman–Crippen LogP) is 3.10. The van der Waals surface area contributed by atoms with Gasteiger partial charge in [-0.2, -0.15) is 4.31 Å². The molecule has 0 saturated carbocycles. The first kappa shape index (κ1) is 25.4. The highest BCUT2D eigenvalue weighted by Gasteiger charge is 2.26. The molecule has 8 nitrogen and oxygen atoms in total. The van der Waals surface area contributed by atoms with Gasteiger partial charge >= 0.3 is 0 Å². The number of anilines is 1. The molecule has 174 valence electrons. The Morgan fingerprint density at radius 1 is 0.969 bits per heavy atom. The lowest BCUT2D eigenvalue weighted by Crippen LogP contribution is -2.33. The molecule has 32 heavy (non-hydrogen) atoms. The van der Waals surface area contributed by atoms with Crippen molar-refractivity contribution >= 4 is 27.5 Å². The summed E-state index contributed by atoms with van der Waals surface area (Å²) in [5.74, 6) is -0.613. The van der Waals surface area contributed by atoms with Gasteiger partial charge in [-0.1, -0.05) is 19.9 Å². The quantitative estimate of drug-likeness (QED) is 0.566. The van der Waals surface area contributed by atoms with Crippen LogP contribution in [0.1, 0.15) is 42.3 Å². The van der Waals surface area contributed by atoms with Crippen molar-refractivity contribution in [1.29, 1.82) is 0 Å². The van der Waals surface area contributed by atoms with Crippen LogP contribution in [0.4, 0.5) is 5.69 Å². The fourth-order valence-corrected chi connectivity index (χ4v) is 4.73. The SMILES string of the molecule is CCOc1ccc(NC(=O)CNC(=O)c2ccc(C)c(C)c2)cc1S(=O)(=O)N(CC)CC. The Bertz CT molecular complexity index is 1080. The van der Waals surface area contributed by atoms with Gasteiger partial charge in [-0.25, -0.2) is 8.42 Å². The van der Waals surface area contributed by atoms with E-state index in [-0.39, 0.29) is 23.1 Å². The molecule has 2 rings (SSSR count). The number of ether oxygens (including phenoxy) is 1. The van der Waals surface area contributed by atoms with E-state index < -0.39 is 15.9 Å². The van der Waals surface area contributed by atoms with E-state index in [1.165, 1.54) is 16.4 Å². The summed E-state index contributed by atoms with van der Waals surface area (Å²) in [6, 6.07) is 9.77. The molecular weight excluding hydrogens is 430 g/mol. The number of hydrogen-bond donors (Lipinski definition) is 2. The second kappa shape index (κ2) is 11.1. The van der Waals surface area contributed by atoms with Crippen LogP contribution in [0, 0.1) is 13.8 Å². The van der Waals surface area contributed by atoms with Crippen LogP contribution in [0.3, 0.4) is 0 Å². The zero-order chi connectivity index (χ0) is 23.9. The number of carbonyl (C=O) groups excluding carboxylic acids is 2. The van der Waals surface area contributed by atoms with E-state index in [9.17, 15) is 18.0 Å². The van der Waals surface area contributed by atoms with Gasteiger partial charge in [0.2, 0.25) is 15.9 Å². The Morgan fingerprint density at radius 3 is 2.25 bits per heavy atom. The zero-order valence-corrected chi connectivity index (χ0v) is 20.0. The number of aryl methyl sites for hydroxylation is 2. The van der Waals surface area contributed by atoms with Crippen LogP contribution in [-0.2, 0) is 14.8 Å². The van der Waals surface area contributed by atoms with E-state index in [2.05, 4.69) is 10.6 Å². The predicted molar refractivity (Wildman–Crippen MR) is 125 cm³/mol. The first-order valence-electron chi connectivity index (χ1n) is 10.6. The maximum absolute atomic E-state index is 13.0. The van der Waals surface area contributed by atoms with Crippen molar-refractivity contribution in [2.45, 2.75) is 39.5 Å². The van der Waals surface area contributed by atoms with Crippen molar-refractivity contribution in [2.24, 2.45) is 0 Å². The highest BCUT2D eigenvalue weighted by Crippen LogP contribution is 2.30. The normalized spacial score (nSPS) is 11.3. The van der Waals surface area contributed by atoms with Crippen molar-refractivity contribution < 1.29 is 22.7 Å². The lowest BCUT2D eigenvalue weighted by Gasteiger charge is -2.21. The lowest BCUT2D eigenvalue weighted by molar-refractivity contribution is -0.115. The Balaban J connectivity index is 2.15. The molecule has 9 heteroatoms. The molecule has 0 fully saturated rings. The third-order valence-electron chi connectivity index (χ3n) is 5.03. The molecule has 0 aliphatic rings. The second-order valence-corrected chi connectivity index (χ2v) is 9.12. The van der Waals surface area contributed by atoms with Crippen LogP contribution < -0.4 is 15.4 Å². The first-order chi connectivity index (χ1) is 15.1. The lowest BCUT2D eigenvalue weighted by atomic mass is 10.1. The summed E-state index contributed by atoms with van der Waals surface area (Å²) in [6.45, 7) is 9.81. The van der Waals surface area contributed by atoms with Gasteiger partial charge in [0.1, 0.15) is 10.6 Å². The van der Waals surface area contributed by atoms with Crippen LogP contribution in [0.15, 0.2) is 41.3 Å². The molecule has 0 unspecified atom stereocenters. The van der Waals surface area contributed by atoms with Crippen molar-refractivity contribution in [2.75, 3.05) is 31.6 Å². The first-order valence-corrected chi connectivity index (χ1v) is 12.0. The average molecular weight is 462 g/mol. The minimum Gasteiger partial charge on any atom is -0.492 e. The van der Waals surface area contributed by atoms with Gasteiger partial charge in [0.05, 0.1) is 13.2 Å². The van der Waals surface area contributed by atoms with Gasteiger partial charge in [-0.05, 0) is 62.2 Å². The summed E-state index contributed by atoms with van der Waals surface area (Å²) in [6.07, 6.45) is 0. The van der Waals surface area contributed by atoms with Gasteiger partial charge in [0.25, 0.3) is 5.91 Å². The smallest absolute Gasteiger partial charge is 0.251 e. The van der Waals surface area contributed by atoms with E-state index in [1.54, 1.807) is 39.0 Å².